The molecule has 0 aromatic heterocycles. The van der Waals surface area contributed by atoms with E-state index in [1.807, 2.05) is 47.7 Å². The van der Waals surface area contributed by atoms with Gasteiger partial charge in [0.25, 0.3) is 5.91 Å². The third-order valence-electron chi connectivity index (χ3n) is 5.24. The Morgan fingerprint density at radius 2 is 1.97 bits per heavy atom. The van der Waals surface area contributed by atoms with Gasteiger partial charge in [-0.3, -0.25) is 4.79 Å². The Morgan fingerprint density at radius 3 is 2.68 bits per heavy atom. The average Bonchev–Trinajstić information content (AvgIpc) is 3.25. The van der Waals surface area contributed by atoms with Crippen molar-refractivity contribution in [3.05, 3.63) is 52.7 Å². The van der Waals surface area contributed by atoms with Gasteiger partial charge in [-0.15, -0.1) is 0 Å². The molecule has 0 spiro atoms. The number of esters is 1. The molecule has 1 unspecified atom stereocenters. The monoisotopic (exact) mass is 443 g/mol. The molecular weight excluding hydrogens is 418 g/mol. The number of hydrogen-bond donors (Lipinski definition) is 0. The van der Waals surface area contributed by atoms with Crippen LogP contribution >= 0.6 is 11.8 Å². The van der Waals surface area contributed by atoms with Crippen molar-refractivity contribution in [2.24, 2.45) is 4.99 Å². The number of rotatable bonds is 6. The second-order valence-electron chi connectivity index (χ2n) is 7.18. The quantitative estimate of drug-likeness (QED) is 0.626. The van der Waals surface area contributed by atoms with E-state index >= 15 is 0 Å². The normalized spacial score (nSPS) is 20.5. The highest BCUT2D eigenvalue weighted by Crippen LogP contribution is 2.41. The highest BCUT2D eigenvalue weighted by Gasteiger charge is 2.37. The maximum atomic E-state index is 12.7. The molecule has 9 heteroatoms. The van der Waals surface area contributed by atoms with Crippen molar-refractivity contribution < 1.29 is 23.8 Å². The van der Waals surface area contributed by atoms with E-state index in [-0.39, 0.29) is 24.5 Å². The molecule has 0 N–H and O–H groups in total. The van der Waals surface area contributed by atoms with Gasteiger partial charge in [-0.1, -0.05) is 23.9 Å². The van der Waals surface area contributed by atoms with Gasteiger partial charge >= 0.3 is 5.97 Å². The number of morpholine rings is 1. The second-order valence-corrected chi connectivity index (χ2v) is 8.05. The summed E-state index contributed by atoms with van der Waals surface area (Å²) in [6, 6.07) is 7.12. The van der Waals surface area contributed by atoms with Crippen molar-refractivity contribution in [3.8, 4) is 5.75 Å². The van der Waals surface area contributed by atoms with Crippen LogP contribution in [0.2, 0.25) is 0 Å². The summed E-state index contributed by atoms with van der Waals surface area (Å²) in [5.74, 6) is 0.178. The largest absolute Gasteiger partial charge is 0.484 e. The fraction of sp³-hybridized carbons (Fsp3) is 0.409. The van der Waals surface area contributed by atoms with Crippen LogP contribution in [-0.4, -0.2) is 66.4 Å². The molecule has 3 aliphatic rings. The number of amides is 1. The molecule has 1 amide bonds. The van der Waals surface area contributed by atoms with Crippen LogP contribution in [0.15, 0.2) is 52.1 Å². The van der Waals surface area contributed by atoms with Gasteiger partial charge < -0.3 is 24.0 Å². The first-order valence-corrected chi connectivity index (χ1v) is 11.1. The van der Waals surface area contributed by atoms with Crippen molar-refractivity contribution in [1.29, 1.82) is 0 Å². The zero-order chi connectivity index (χ0) is 21.8. The Morgan fingerprint density at radius 1 is 1.23 bits per heavy atom. The number of fused-ring (bicyclic) bond motifs is 1. The molecule has 1 atom stereocenters. The van der Waals surface area contributed by atoms with E-state index in [0.29, 0.717) is 49.9 Å². The molecule has 0 saturated carbocycles. The summed E-state index contributed by atoms with van der Waals surface area (Å²) in [6.45, 7) is 6.21. The lowest BCUT2D eigenvalue weighted by Crippen LogP contribution is -2.42. The lowest BCUT2D eigenvalue weighted by Gasteiger charge is -2.33. The third-order valence-corrected chi connectivity index (χ3v) is 6.01. The first-order chi connectivity index (χ1) is 15.1. The van der Waals surface area contributed by atoms with Gasteiger partial charge in [-0.25, -0.2) is 9.79 Å². The highest BCUT2D eigenvalue weighted by atomic mass is 32.2. The zero-order valence-electron chi connectivity index (χ0n) is 17.6. The van der Waals surface area contributed by atoms with E-state index in [1.165, 1.54) is 11.8 Å². The molecule has 1 fully saturated rings. The molecule has 164 valence electrons. The minimum atomic E-state index is -0.366. The van der Waals surface area contributed by atoms with Gasteiger partial charge in [0.15, 0.2) is 11.8 Å². The summed E-state index contributed by atoms with van der Waals surface area (Å²) in [5, 5.41) is 2.77. The van der Waals surface area contributed by atoms with Crippen LogP contribution in [0, 0.1) is 0 Å². The Balaban J connectivity index is 1.50. The van der Waals surface area contributed by atoms with E-state index in [9.17, 15) is 9.59 Å². The lowest BCUT2D eigenvalue weighted by atomic mass is 9.95. The third kappa shape index (κ3) is 4.62. The predicted molar refractivity (Wildman–Crippen MR) is 117 cm³/mol. The summed E-state index contributed by atoms with van der Waals surface area (Å²) in [4.78, 5) is 33.3. The van der Waals surface area contributed by atoms with Crippen LogP contribution in [-0.2, 0) is 19.1 Å². The van der Waals surface area contributed by atoms with Crippen molar-refractivity contribution >= 4 is 28.8 Å². The number of amidine groups is 1. The molecule has 3 heterocycles. The molecule has 1 aromatic carbocycles. The van der Waals surface area contributed by atoms with E-state index in [1.54, 1.807) is 11.8 Å². The molecule has 0 radical (unpaired) electrons. The average molecular weight is 444 g/mol. The van der Waals surface area contributed by atoms with Crippen LogP contribution in [0.3, 0.4) is 0 Å². The first-order valence-electron chi connectivity index (χ1n) is 10.2. The minimum Gasteiger partial charge on any atom is -0.484 e. The number of ether oxygens (including phenoxy) is 3. The molecule has 31 heavy (non-hydrogen) atoms. The summed E-state index contributed by atoms with van der Waals surface area (Å²) < 4.78 is 16.3. The van der Waals surface area contributed by atoms with E-state index in [0.717, 1.165) is 10.7 Å². The van der Waals surface area contributed by atoms with E-state index < -0.39 is 0 Å². The topological polar surface area (TPSA) is 80.7 Å². The number of carbonyl (C=O) groups is 2. The Kier molecular flexibility index (Phi) is 6.62. The van der Waals surface area contributed by atoms with Crippen LogP contribution in [0.5, 0.6) is 5.75 Å². The van der Waals surface area contributed by atoms with Crippen molar-refractivity contribution in [1.82, 2.24) is 9.80 Å². The predicted octanol–water partition coefficient (Wildman–Crippen LogP) is 2.69. The molecule has 4 rings (SSSR count). The van der Waals surface area contributed by atoms with Crippen molar-refractivity contribution in [2.45, 2.75) is 19.9 Å². The number of aliphatic imine (C=N–C) groups is 1. The van der Waals surface area contributed by atoms with Crippen LogP contribution in [0.4, 0.5) is 0 Å². The van der Waals surface area contributed by atoms with Crippen LogP contribution in [0.25, 0.3) is 0 Å². The molecule has 3 aliphatic heterocycles. The summed E-state index contributed by atoms with van der Waals surface area (Å²) >= 11 is 1.52. The maximum absolute atomic E-state index is 12.7. The number of hydrogen-bond acceptors (Lipinski definition) is 8. The van der Waals surface area contributed by atoms with Gasteiger partial charge in [-0.2, -0.15) is 0 Å². The fourth-order valence-corrected chi connectivity index (χ4v) is 4.48. The highest BCUT2D eigenvalue weighted by molar-refractivity contribution is 8.16. The van der Waals surface area contributed by atoms with Gasteiger partial charge in [0.05, 0.1) is 37.1 Å². The number of carbonyl (C=O) groups excluding carboxylic acids is 2. The van der Waals surface area contributed by atoms with Crippen LogP contribution < -0.4 is 4.74 Å². The molecule has 1 aromatic rings. The maximum Gasteiger partial charge on any atom is 0.338 e. The molecule has 8 nitrogen and oxygen atoms in total. The summed E-state index contributed by atoms with van der Waals surface area (Å²) in [7, 11) is 0. The van der Waals surface area contributed by atoms with Crippen molar-refractivity contribution in [3.63, 3.8) is 0 Å². The number of thioether (sulfide) groups is 1. The molecule has 0 bridgehead atoms. The first kappa shape index (κ1) is 21.5. The summed E-state index contributed by atoms with van der Waals surface area (Å²) in [5.41, 5.74) is 2.09. The Labute approximate surface area is 185 Å². The standard InChI is InChI=1S/C22H25N3O5S/c1-3-29-21(27)19-15(2)23-22-25(10-13-31-22)20(19)16-4-6-17(7-5-16)30-14-18(26)24-8-11-28-12-9-24/h4-7,10,13,20H,3,8-9,11-12,14H2,1-2H3. The van der Waals surface area contributed by atoms with Crippen molar-refractivity contribution in [2.75, 3.05) is 39.5 Å². The minimum absolute atomic E-state index is 0.0157. The number of benzene rings is 1. The number of allylic oxidation sites excluding steroid dienone is 1. The zero-order valence-corrected chi connectivity index (χ0v) is 18.4. The lowest BCUT2D eigenvalue weighted by molar-refractivity contribution is -0.139. The molecule has 0 aliphatic carbocycles. The van der Waals surface area contributed by atoms with Gasteiger partial charge in [0.1, 0.15) is 5.75 Å². The van der Waals surface area contributed by atoms with Crippen LogP contribution in [0.1, 0.15) is 25.5 Å². The van der Waals surface area contributed by atoms with Gasteiger partial charge in [0.2, 0.25) is 0 Å². The molecular formula is C22H25N3O5S. The fourth-order valence-electron chi connectivity index (χ4n) is 3.69. The number of nitrogens with zero attached hydrogens (tertiary/aromatic N) is 3. The SMILES string of the molecule is CCOC(=O)C1=C(C)N=C2SC=CN2C1c1ccc(OCC(=O)N2CCOCC2)cc1. The second kappa shape index (κ2) is 9.57. The van der Waals surface area contributed by atoms with E-state index in [4.69, 9.17) is 14.2 Å². The molecule has 1 saturated heterocycles. The summed E-state index contributed by atoms with van der Waals surface area (Å²) in [6.07, 6.45) is 1.92. The Bertz CT molecular complexity index is 935. The van der Waals surface area contributed by atoms with E-state index in [2.05, 4.69) is 4.99 Å². The Hall–Kier alpha value is -2.78. The smallest absolute Gasteiger partial charge is 0.338 e. The van der Waals surface area contributed by atoms with Gasteiger partial charge in [0, 0.05) is 19.3 Å². The van der Waals surface area contributed by atoms with Gasteiger partial charge in [-0.05, 0) is 37.0 Å².